The Kier molecular flexibility index (Phi) is 2.88. The molecule has 3 nitrogen and oxygen atoms in total. The zero-order chi connectivity index (χ0) is 11.6. The molecule has 0 bridgehead atoms. The average Bonchev–Trinajstić information content (AvgIpc) is 1.99. The van der Waals surface area contributed by atoms with Crippen LogP contribution in [0.5, 0.6) is 5.75 Å². The Balaban J connectivity index is 3.20. The van der Waals surface area contributed by atoms with Crippen LogP contribution in [0.25, 0.3) is 0 Å². The standard InChI is InChI=1S/C9H7F3O3/c10-9(11,12)7-2-1-6(13)3-5(7)4-8(14)15/h1-3,13H,4H2,(H,14,15). The van der Waals surface area contributed by atoms with Gasteiger partial charge in [-0.1, -0.05) is 0 Å². The predicted octanol–water partition coefficient (Wildman–Crippen LogP) is 2.04. The lowest BCUT2D eigenvalue weighted by atomic mass is 10.0. The Bertz CT molecular complexity index is 385. The molecule has 1 aromatic carbocycles. The molecule has 15 heavy (non-hydrogen) atoms. The first-order chi connectivity index (χ1) is 6.80. The Morgan fingerprint density at radius 2 is 1.93 bits per heavy atom. The third-order valence-corrected chi connectivity index (χ3v) is 1.74. The highest BCUT2D eigenvalue weighted by molar-refractivity contribution is 5.71. The lowest BCUT2D eigenvalue weighted by Gasteiger charge is -2.11. The molecule has 0 spiro atoms. The van der Waals surface area contributed by atoms with Crippen molar-refractivity contribution in [3.05, 3.63) is 29.3 Å². The number of aliphatic carboxylic acids is 1. The molecule has 0 saturated heterocycles. The van der Waals surface area contributed by atoms with Crippen LogP contribution < -0.4 is 0 Å². The first-order valence-electron chi connectivity index (χ1n) is 3.91. The van der Waals surface area contributed by atoms with E-state index in [1.54, 1.807) is 0 Å². The van der Waals surface area contributed by atoms with E-state index in [0.29, 0.717) is 6.07 Å². The summed E-state index contributed by atoms with van der Waals surface area (Å²) in [5.74, 6) is -1.77. The van der Waals surface area contributed by atoms with Gasteiger partial charge in [0.2, 0.25) is 0 Å². The molecule has 0 unspecified atom stereocenters. The Labute approximate surface area is 82.8 Å². The lowest BCUT2D eigenvalue weighted by Crippen LogP contribution is -2.11. The van der Waals surface area contributed by atoms with Crippen LogP contribution in [0, 0.1) is 0 Å². The van der Waals surface area contributed by atoms with Gasteiger partial charge in [0.15, 0.2) is 0 Å². The first-order valence-corrected chi connectivity index (χ1v) is 3.91. The molecular formula is C9H7F3O3. The van der Waals surface area contributed by atoms with Crippen molar-refractivity contribution in [3.63, 3.8) is 0 Å². The second-order valence-corrected chi connectivity index (χ2v) is 2.91. The molecule has 1 aromatic rings. The molecule has 82 valence electrons. The predicted molar refractivity (Wildman–Crippen MR) is 44.4 cm³/mol. The topological polar surface area (TPSA) is 57.5 Å². The maximum Gasteiger partial charge on any atom is 0.416 e. The number of hydrogen-bond acceptors (Lipinski definition) is 2. The fourth-order valence-electron chi connectivity index (χ4n) is 1.17. The molecular weight excluding hydrogens is 213 g/mol. The minimum atomic E-state index is -4.61. The van der Waals surface area contributed by atoms with E-state index in [0.717, 1.165) is 12.1 Å². The van der Waals surface area contributed by atoms with Gasteiger partial charge in [-0.05, 0) is 23.8 Å². The number of hydrogen-bond donors (Lipinski definition) is 2. The summed E-state index contributed by atoms with van der Waals surface area (Å²) in [7, 11) is 0. The van der Waals surface area contributed by atoms with Gasteiger partial charge in [0.25, 0.3) is 0 Å². The fourth-order valence-corrected chi connectivity index (χ4v) is 1.17. The monoisotopic (exact) mass is 220 g/mol. The summed E-state index contributed by atoms with van der Waals surface area (Å²) in [6.45, 7) is 0. The van der Waals surface area contributed by atoms with Gasteiger partial charge in [-0.3, -0.25) is 4.79 Å². The Hall–Kier alpha value is -1.72. The largest absolute Gasteiger partial charge is 0.508 e. The zero-order valence-corrected chi connectivity index (χ0v) is 7.38. The van der Waals surface area contributed by atoms with Gasteiger partial charge in [-0.15, -0.1) is 0 Å². The van der Waals surface area contributed by atoms with Crippen molar-refractivity contribution in [1.29, 1.82) is 0 Å². The fraction of sp³-hybridized carbons (Fsp3) is 0.222. The minimum Gasteiger partial charge on any atom is -0.508 e. The number of rotatable bonds is 2. The van der Waals surface area contributed by atoms with E-state index in [2.05, 4.69) is 0 Å². The van der Waals surface area contributed by atoms with Gasteiger partial charge < -0.3 is 10.2 Å². The Morgan fingerprint density at radius 1 is 1.33 bits per heavy atom. The molecule has 0 atom stereocenters. The van der Waals surface area contributed by atoms with Crippen LogP contribution in [-0.2, 0) is 17.4 Å². The number of phenolic OH excluding ortho intramolecular Hbond substituents is 1. The van der Waals surface area contributed by atoms with E-state index in [1.807, 2.05) is 0 Å². The number of aromatic hydroxyl groups is 1. The van der Waals surface area contributed by atoms with E-state index in [-0.39, 0.29) is 5.75 Å². The number of halogens is 3. The van der Waals surface area contributed by atoms with Crippen LogP contribution in [0.15, 0.2) is 18.2 Å². The summed E-state index contributed by atoms with van der Waals surface area (Å²) in [4.78, 5) is 10.3. The molecule has 0 saturated carbocycles. The van der Waals surface area contributed by atoms with Gasteiger partial charge in [-0.2, -0.15) is 13.2 Å². The maximum absolute atomic E-state index is 12.4. The van der Waals surface area contributed by atoms with Crippen molar-refractivity contribution in [1.82, 2.24) is 0 Å². The van der Waals surface area contributed by atoms with Crippen molar-refractivity contribution in [3.8, 4) is 5.75 Å². The third-order valence-electron chi connectivity index (χ3n) is 1.74. The maximum atomic E-state index is 12.4. The first kappa shape index (κ1) is 11.4. The summed E-state index contributed by atoms with van der Waals surface area (Å²) >= 11 is 0. The number of carboxylic acids is 1. The smallest absolute Gasteiger partial charge is 0.416 e. The van der Waals surface area contributed by atoms with Crippen LogP contribution in [0.3, 0.4) is 0 Å². The molecule has 6 heteroatoms. The average molecular weight is 220 g/mol. The van der Waals surface area contributed by atoms with Crippen LogP contribution in [0.4, 0.5) is 13.2 Å². The normalized spacial score (nSPS) is 11.4. The summed E-state index contributed by atoms with van der Waals surface area (Å²) < 4.78 is 37.1. The number of carboxylic acid groups (broad SMARTS) is 1. The second kappa shape index (κ2) is 3.80. The van der Waals surface area contributed by atoms with Crippen molar-refractivity contribution in [2.75, 3.05) is 0 Å². The van der Waals surface area contributed by atoms with Gasteiger partial charge >= 0.3 is 12.1 Å². The van der Waals surface area contributed by atoms with Crippen LogP contribution in [0.2, 0.25) is 0 Å². The zero-order valence-electron chi connectivity index (χ0n) is 7.38. The number of phenols is 1. The summed E-state index contributed by atoms with van der Waals surface area (Å²) in [6.07, 6.45) is -5.39. The highest BCUT2D eigenvalue weighted by Crippen LogP contribution is 2.33. The molecule has 0 aliphatic carbocycles. The van der Waals surface area contributed by atoms with E-state index in [4.69, 9.17) is 10.2 Å². The molecule has 0 fully saturated rings. The van der Waals surface area contributed by atoms with Crippen molar-refractivity contribution in [2.45, 2.75) is 12.6 Å². The molecule has 2 N–H and O–H groups in total. The lowest BCUT2D eigenvalue weighted by molar-refractivity contribution is -0.139. The molecule has 0 heterocycles. The van der Waals surface area contributed by atoms with E-state index >= 15 is 0 Å². The summed E-state index contributed by atoms with van der Waals surface area (Å²) in [6, 6.07) is 2.33. The SMILES string of the molecule is O=C(O)Cc1cc(O)ccc1C(F)(F)F. The minimum absolute atomic E-state index is 0.390. The Morgan fingerprint density at radius 3 is 2.40 bits per heavy atom. The molecule has 0 radical (unpaired) electrons. The van der Waals surface area contributed by atoms with Crippen molar-refractivity contribution >= 4 is 5.97 Å². The number of carbonyl (C=O) groups is 1. The quantitative estimate of drug-likeness (QED) is 0.801. The molecule has 1 rings (SSSR count). The molecule has 0 aromatic heterocycles. The van der Waals surface area contributed by atoms with Gasteiger partial charge in [0.1, 0.15) is 5.75 Å². The number of benzene rings is 1. The summed E-state index contributed by atoms with van der Waals surface area (Å²) in [5.41, 5.74) is -1.49. The third kappa shape index (κ3) is 2.87. The van der Waals surface area contributed by atoms with Gasteiger partial charge in [-0.25, -0.2) is 0 Å². The highest BCUT2D eigenvalue weighted by Gasteiger charge is 2.33. The highest BCUT2D eigenvalue weighted by atomic mass is 19.4. The summed E-state index contributed by atoms with van der Waals surface area (Å²) in [5, 5.41) is 17.4. The van der Waals surface area contributed by atoms with E-state index in [1.165, 1.54) is 0 Å². The molecule has 0 aliphatic rings. The van der Waals surface area contributed by atoms with Gasteiger partial charge in [0.05, 0.1) is 12.0 Å². The van der Waals surface area contributed by atoms with Crippen molar-refractivity contribution < 1.29 is 28.2 Å². The van der Waals surface area contributed by atoms with Crippen LogP contribution in [-0.4, -0.2) is 16.2 Å². The molecule has 0 aliphatic heterocycles. The second-order valence-electron chi connectivity index (χ2n) is 2.91. The van der Waals surface area contributed by atoms with Crippen molar-refractivity contribution in [2.24, 2.45) is 0 Å². The number of alkyl halides is 3. The molecule has 0 amide bonds. The van der Waals surface area contributed by atoms with Crippen LogP contribution in [0.1, 0.15) is 11.1 Å². The van der Waals surface area contributed by atoms with Crippen LogP contribution >= 0.6 is 0 Å². The van der Waals surface area contributed by atoms with Gasteiger partial charge in [0, 0.05) is 0 Å². The van der Waals surface area contributed by atoms with E-state index in [9.17, 15) is 18.0 Å². The van der Waals surface area contributed by atoms with E-state index < -0.39 is 29.7 Å².